The second-order valence-electron chi connectivity index (χ2n) is 6.68. The van der Waals surface area contributed by atoms with Gasteiger partial charge in [0, 0.05) is 18.0 Å². The number of nitrogens with one attached hydrogen (secondary N) is 1. The average molecular weight is 403 g/mol. The van der Waals surface area contributed by atoms with Crippen molar-refractivity contribution in [3.63, 3.8) is 0 Å². The summed E-state index contributed by atoms with van der Waals surface area (Å²) in [4.78, 5) is 31.8. The molecule has 27 heavy (non-hydrogen) atoms. The Hall–Kier alpha value is -2.11. The van der Waals surface area contributed by atoms with E-state index in [0.29, 0.717) is 24.2 Å². The number of nitrogens with zero attached hydrogens (tertiary/aromatic N) is 3. The number of nitriles is 1. The third kappa shape index (κ3) is 4.25. The van der Waals surface area contributed by atoms with Gasteiger partial charge in [-0.15, -0.1) is 17.9 Å². The Labute approximate surface area is 166 Å². The lowest BCUT2D eigenvalue weighted by Gasteiger charge is -2.17. The lowest BCUT2D eigenvalue weighted by Crippen LogP contribution is -2.27. The van der Waals surface area contributed by atoms with Crippen LogP contribution in [-0.2, 0) is 24.2 Å². The number of hydrogen-bond donors (Lipinski definition) is 1. The van der Waals surface area contributed by atoms with E-state index in [-0.39, 0.29) is 23.6 Å². The van der Waals surface area contributed by atoms with Crippen molar-refractivity contribution in [2.75, 3.05) is 12.3 Å². The van der Waals surface area contributed by atoms with Crippen LogP contribution >= 0.6 is 23.1 Å². The Morgan fingerprint density at radius 1 is 1.59 bits per heavy atom. The number of thioether (sulfide) groups is 1. The number of hydrogen-bond acceptors (Lipinski definition) is 6. The Morgan fingerprint density at radius 3 is 3.15 bits per heavy atom. The number of aromatic nitrogens is 2. The number of allylic oxidation sites excluding steroid dienone is 1. The van der Waals surface area contributed by atoms with E-state index in [2.05, 4.69) is 18.8 Å². The zero-order valence-corrected chi connectivity index (χ0v) is 16.9. The van der Waals surface area contributed by atoms with Crippen LogP contribution in [0, 0.1) is 17.2 Å². The molecular formula is C19H22N4O2S2. The van der Waals surface area contributed by atoms with E-state index in [1.54, 1.807) is 22.0 Å². The number of rotatable bonds is 7. The van der Waals surface area contributed by atoms with Crippen molar-refractivity contribution < 1.29 is 4.79 Å². The summed E-state index contributed by atoms with van der Waals surface area (Å²) in [5.74, 6) is 0.615. The summed E-state index contributed by atoms with van der Waals surface area (Å²) in [6.07, 6.45) is 4.98. The molecule has 1 aliphatic rings. The van der Waals surface area contributed by atoms with Gasteiger partial charge >= 0.3 is 0 Å². The number of thiophene rings is 1. The topological polar surface area (TPSA) is 87.8 Å². The first-order valence-corrected chi connectivity index (χ1v) is 10.8. The van der Waals surface area contributed by atoms with E-state index in [0.717, 1.165) is 35.0 Å². The first-order chi connectivity index (χ1) is 13.0. The average Bonchev–Trinajstić information content (AvgIpc) is 3.00. The molecule has 0 aromatic carbocycles. The highest BCUT2D eigenvalue weighted by atomic mass is 32.2. The van der Waals surface area contributed by atoms with Crippen LogP contribution in [0.4, 0.5) is 0 Å². The summed E-state index contributed by atoms with van der Waals surface area (Å²) in [6, 6.07) is 1.99. The minimum absolute atomic E-state index is 0.0423. The minimum atomic E-state index is -0.172. The van der Waals surface area contributed by atoms with Crippen molar-refractivity contribution in [2.45, 2.75) is 44.3 Å². The van der Waals surface area contributed by atoms with Crippen molar-refractivity contribution in [3.8, 4) is 6.07 Å². The lowest BCUT2D eigenvalue weighted by atomic mass is 9.89. The molecular weight excluding hydrogens is 380 g/mol. The van der Waals surface area contributed by atoms with Crippen LogP contribution in [0.1, 0.15) is 30.2 Å². The molecule has 0 bridgehead atoms. The third-order valence-corrected chi connectivity index (χ3v) is 6.71. The van der Waals surface area contributed by atoms with Gasteiger partial charge in [0.05, 0.1) is 23.6 Å². The summed E-state index contributed by atoms with van der Waals surface area (Å²) in [7, 11) is 0. The van der Waals surface area contributed by atoms with Gasteiger partial charge in [-0.2, -0.15) is 5.26 Å². The molecule has 1 aliphatic carbocycles. The Morgan fingerprint density at radius 2 is 2.41 bits per heavy atom. The van der Waals surface area contributed by atoms with Crippen LogP contribution in [0.5, 0.6) is 0 Å². The maximum atomic E-state index is 13.1. The van der Waals surface area contributed by atoms with Crippen molar-refractivity contribution >= 4 is 39.2 Å². The predicted octanol–water partition coefficient (Wildman–Crippen LogP) is 2.89. The first-order valence-electron chi connectivity index (χ1n) is 8.97. The van der Waals surface area contributed by atoms with Crippen LogP contribution in [0.15, 0.2) is 22.6 Å². The highest BCUT2D eigenvalue weighted by molar-refractivity contribution is 7.99. The molecule has 0 saturated heterocycles. The zero-order chi connectivity index (χ0) is 19.4. The molecule has 8 heteroatoms. The number of amides is 1. The third-order valence-electron chi connectivity index (χ3n) is 4.58. The van der Waals surface area contributed by atoms with Gasteiger partial charge < -0.3 is 5.32 Å². The van der Waals surface area contributed by atoms with Crippen LogP contribution in [0.3, 0.4) is 0 Å². The lowest BCUT2D eigenvalue weighted by molar-refractivity contribution is -0.118. The van der Waals surface area contributed by atoms with Crippen LogP contribution < -0.4 is 10.9 Å². The van der Waals surface area contributed by atoms with Crippen molar-refractivity contribution in [1.82, 2.24) is 14.9 Å². The summed E-state index contributed by atoms with van der Waals surface area (Å²) in [5, 5.41) is 12.5. The fraction of sp³-hybridized carbons (Fsp3) is 0.474. The van der Waals surface area contributed by atoms with Gasteiger partial charge in [-0.1, -0.05) is 24.8 Å². The quantitative estimate of drug-likeness (QED) is 0.333. The zero-order valence-electron chi connectivity index (χ0n) is 15.3. The summed E-state index contributed by atoms with van der Waals surface area (Å²) >= 11 is 2.85. The Bertz CT molecular complexity index is 971. The molecule has 1 N–H and O–H groups in total. The first kappa shape index (κ1) is 19.6. The van der Waals surface area contributed by atoms with Crippen LogP contribution in [0.25, 0.3) is 10.2 Å². The van der Waals surface area contributed by atoms with Gasteiger partial charge in [-0.3, -0.25) is 14.2 Å². The SMILES string of the molecule is C=CCn1c(SCC(=O)NCCC#N)nc2sc3c(c2c1=O)CCC(C)C3. The number of fused-ring (bicyclic) bond motifs is 3. The maximum Gasteiger partial charge on any atom is 0.263 e. The van der Waals surface area contributed by atoms with Crippen LogP contribution in [0.2, 0.25) is 0 Å². The van der Waals surface area contributed by atoms with Crippen molar-refractivity contribution in [1.29, 1.82) is 5.26 Å². The van der Waals surface area contributed by atoms with Crippen molar-refractivity contribution in [3.05, 3.63) is 33.4 Å². The van der Waals surface area contributed by atoms with Gasteiger partial charge in [0.2, 0.25) is 5.91 Å². The highest BCUT2D eigenvalue weighted by Crippen LogP contribution is 2.36. The molecule has 1 amide bonds. The highest BCUT2D eigenvalue weighted by Gasteiger charge is 2.24. The van der Waals surface area contributed by atoms with E-state index in [9.17, 15) is 9.59 Å². The number of carbonyl (C=O) groups is 1. The fourth-order valence-electron chi connectivity index (χ4n) is 3.24. The molecule has 0 saturated carbocycles. The molecule has 1 atom stereocenters. The fourth-order valence-corrected chi connectivity index (χ4v) is 5.51. The predicted molar refractivity (Wildman–Crippen MR) is 109 cm³/mol. The Kier molecular flexibility index (Phi) is 6.34. The van der Waals surface area contributed by atoms with Gasteiger partial charge in [0.15, 0.2) is 5.16 Å². The molecule has 0 radical (unpaired) electrons. The van der Waals surface area contributed by atoms with Gasteiger partial charge in [-0.05, 0) is 30.7 Å². The molecule has 6 nitrogen and oxygen atoms in total. The minimum Gasteiger partial charge on any atom is -0.354 e. The molecule has 0 aliphatic heterocycles. The molecule has 142 valence electrons. The van der Waals surface area contributed by atoms with E-state index in [1.807, 2.05) is 6.07 Å². The van der Waals surface area contributed by atoms with E-state index >= 15 is 0 Å². The monoisotopic (exact) mass is 402 g/mol. The molecule has 3 rings (SSSR count). The smallest absolute Gasteiger partial charge is 0.263 e. The molecule has 0 spiro atoms. The number of aryl methyl sites for hydroxylation is 1. The number of carbonyl (C=O) groups excluding carboxylic acids is 1. The molecule has 2 aromatic heterocycles. The van der Waals surface area contributed by atoms with E-state index in [1.165, 1.54) is 16.6 Å². The maximum absolute atomic E-state index is 13.1. The Balaban J connectivity index is 1.91. The van der Waals surface area contributed by atoms with E-state index < -0.39 is 0 Å². The normalized spacial score (nSPS) is 15.9. The summed E-state index contributed by atoms with van der Waals surface area (Å²) in [5.41, 5.74) is 1.12. The second-order valence-corrected chi connectivity index (χ2v) is 8.70. The van der Waals surface area contributed by atoms with E-state index in [4.69, 9.17) is 10.2 Å². The molecule has 2 aromatic rings. The molecule has 0 fully saturated rings. The summed E-state index contributed by atoms with van der Waals surface area (Å²) < 4.78 is 1.60. The van der Waals surface area contributed by atoms with Crippen molar-refractivity contribution in [2.24, 2.45) is 5.92 Å². The van der Waals surface area contributed by atoms with Gasteiger partial charge in [0.25, 0.3) is 5.56 Å². The molecule has 1 unspecified atom stereocenters. The van der Waals surface area contributed by atoms with Gasteiger partial charge in [-0.25, -0.2) is 4.98 Å². The van der Waals surface area contributed by atoms with Crippen LogP contribution in [-0.4, -0.2) is 27.8 Å². The molecule has 2 heterocycles. The standard InChI is InChI=1S/C19H22N4O2S2/c1-3-9-23-18(25)16-13-6-5-12(2)10-14(13)27-17(16)22-19(23)26-11-15(24)21-8-4-7-20/h3,12H,1,4-6,8-11H2,2H3,(H,21,24). The largest absolute Gasteiger partial charge is 0.354 e. The second kappa shape index (κ2) is 8.72. The summed E-state index contributed by atoms with van der Waals surface area (Å²) in [6.45, 7) is 6.68. The van der Waals surface area contributed by atoms with Gasteiger partial charge in [0.1, 0.15) is 4.83 Å².